The highest BCUT2D eigenvalue weighted by atomic mass is 32.2. The van der Waals surface area contributed by atoms with Gasteiger partial charge in [-0.25, -0.2) is 26.3 Å². The van der Waals surface area contributed by atoms with Crippen LogP contribution in [0.15, 0.2) is 52.3 Å². The molecule has 7 nitrogen and oxygen atoms in total. The summed E-state index contributed by atoms with van der Waals surface area (Å²) in [5.41, 5.74) is 2.31. The Hall–Kier alpha value is -1.78. The van der Waals surface area contributed by atoms with Gasteiger partial charge in [0.25, 0.3) is 0 Å². The SMILES string of the molecule is COCCNS(=O)(=O)c1ccc(CNS(=O)(=O)c2ccc(C)cc2C)cc1. The molecule has 0 atom stereocenters. The molecule has 27 heavy (non-hydrogen) atoms. The van der Waals surface area contributed by atoms with Crippen molar-refractivity contribution in [2.75, 3.05) is 20.3 Å². The van der Waals surface area contributed by atoms with Crippen LogP contribution in [0.2, 0.25) is 0 Å². The van der Waals surface area contributed by atoms with E-state index in [9.17, 15) is 16.8 Å². The van der Waals surface area contributed by atoms with Crippen LogP contribution in [-0.4, -0.2) is 37.1 Å². The Kier molecular flexibility index (Phi) is 7.12. The first-order valence-electron chi connectivity index (χ1n) is 8.30. The fourth-order valence-corrected chi connectivity index (χ4v) is 4.76. The van der Waals surface area contributed by atoms with Crippen molar-refractivity contribution < 1.29 is 21.6 Å². The van der Waals surface area contributed by atoms with E-state index in [1.54, 1.807) is 31.2 Å². The highest BCUT2D eigenvalue weighted by molar-refractivity contribution is 7.89. The van der Waals surface area contributed by atoms with E-state index in [4.69, 9.17) is 4.74 Å². The molecule has 0 spiro atoms. The second-order valence-electron chi connectivity index (χ2n) is 6.13. The summed E-state index contributed by atoms with van der Waals surface area (Å²) in [7, 11) is -5.78. The van der Waals surface area contributed by atoms with Gasteiger partial charge in [0.15, 0.2) is 0 Å². The van der Waals surface area contributed by atoms with Crippen LogP contribution in [0.25, 0.3) is 0 Å². The molecule has 0 saturated carbocycles. The minimum absolute atomic E-state index is 0.0626. The number of methoxy groups -OCH3 is 1. The Bertz CT molecular complexity index is 985. The minimum Gasteiger partial charge on any atom is -0.383 e. The largest absolute Gasteiger partial charge is 0.383 e. The summed E-state index contributed by atoms with van der Waals surface area (Å²) in [4.78, 5) is 0.342. The predicted molar refractivity (Wildman–Crippen MR) is 103 cm³/mol. The molecular weight excluding hydrogens is 388 g/mol. The average Bonchev–Trinajstić information content (AvgIpc) is 2.60. The summed E-state index contributed by atoms with van der Waals surface area (Å²) in [6, 6.07) is 11.2. The summed E-state index contributed by atoms with van der Waals surface area (Å²) in [6.07, 6.45) is 0. The Labute approximate surface area is 160 Å². The number of ether oxygens (including phenoxy) is 1. The Morgan fingerprint density at radius 2 is 1.56 bits per heavy atom. The van der Waals surface area contributed by atoms with Crippen LogP contribution in [0, 0.1) is 13.8 Å². The standard InChI is InChI=1S/C18H24N2O5S2/c1-14-4-9-18(15(2)12-14)27(23,24)20-13-16-5-7-17(8-6-16)26(21,22)19-10-11-25-3/h4-9,12,19-20H,10-11,13H2,1-3H3. The third-order valence-electron chi connectivity index (χ3n) is 3.92. The van der Waals surface area contributed by atoms with Crippen molar-refractivity contribution in [3.8, 4) is 0 Å². The second-order valence-corrected chi connectivity index (χ2v) is 9.63. The third-order valence-corrected chi connectivity index (χ3v) is 6.96. The average molecular weight is 413 g/mol. The molecule has 0 aliphatic rings. The van der Waals surface area contributed by atoms with E-state index in [1.165, 1.54) is 19.2 Å². The molecule has 0 bridgehead atoms. The van der Waals surface area contributed by atoms with E-state index < -0.39 is 20.0 Å². The zero-order valence-electron chi connectivity index (χ0n) is 15.5. The van der Waals surface area contributed by atoms with Crippen LogP contribution in [0.3, 0.4) is 0 Å². The minimum atomic E-state index is -3.65. The lowest BCUT2D eigenvalue weighted by Gasteiger charge is -2.11. The van der Waals surface area contributed by atoms with Gasteiger partial charge < -0.3 is 4.74 Å². The Balaban J connectivity index is 2.06. The first kappa shape index (κ1) is 21.5. The molecule has 0 amide bonds. The van der Waals surface area contributed by atoms with Gasteiger partial charge in [-0.2, -0.15) is 0 Å². The van der Waals surface area contributed by atoms with Crippen LogP contribution >= 0.6 is 0 Å². The van der Waals surface area contributed by atoms with Crippen LogP contribution < -0.4 is 9.44 Å². The van der Waals surface area contributed by atoms with Gasteiger partial charge in [-0.05, 0) is 43.2 Å². The molecule has 0 radical (unpaired) electrons. The summed E-state index contributed by atoms with van der Waals surface area (Å²) in [6.45, 7) is 4.16. The highest BCUT2D eigenvalue weighted by Gasteiger charge is 2.17. The smallest absolute Gasteiger partial charge is 0.241 e. The Morgan fingerprint density at radius 1 is 0.889 bits per heavy atom. The topological polar surface area (TPSA) is 102 Å². The van der Waals surface area contributed by atoms with Gasteiger partial charge in [-0.1, -0.05) is 29.8 Å². The first-order valence-corrected chi connectivity index (χ1v) is 11.3. The van der Waals surface area contributed by atoms with E-state index in [-0.39, 0.29) is 29.5 Å². The number of hydrogen-bond donors (Lipinski definition) is 2. The maximum Gasteiger partial charge on any atom is 0.241 e. The van der Waals surface area contributed by atoms with Gasteiger partial charge in [0.1, 0.15) is 0 Å². The summed E-state index contributed by atoms with van der Waals surface area (Å²) >= 11 is 0. The van der Waals surface area contributed by atoms with E-state index in [0.717, 1.165) is 5.56 Å². The molecule has 0 aliphatic carbocycles. The second kappa shape index (κ2) is 8.94. The Morgan fingerprint density at radius 3 is 2.15 bits per heavy atom. The number of rotatable bonds is 9. The molecule has 2 rings (SSSR count). The lowest BCUT2D eigenvalue weighted by Crippen LogP contribution is -2.27. The van der Waals surface area contributed by atoms with Crippen molar-refractivity contribution in [2.45, 2.75) is 30.2 Å². The lowest BCUT2D eigenvalue weighted by molar-refractivity contribution is 0.204. The van der Waals surface area contributed by atoms with Crippen LogP contribution in [0.1, 0.15) is 16.7 Å². The molecule has 0 aromatic heterocycles. The molecule has 2 N–H and O–H groups in total. The van der Waals surface area contributed by atoms with E-state index >= 15 is 0 Å². The van der Waals surface area contributed by atoms with Crippen molar-refractivity contribution in [1.82, 2.24) is 9.44 Å². The first-order chi connectivity index (χ1) is 12.7. The van der Waals surface area contributed by atoms with Crippen molar-refractivity contribution in [3.05, 3.63) is 59.2 Å². The van der Waals surface area contributed by atoms with Crippen LogP contribution in [-0.2, 0) is 31.3 Å². The molecule has 2 aromatic carbocycles. The molecule has 0 unspecified atom stereocenters. The number of aryl methyl sites for hydroxylation is 2. The van der Waals surface area contributed by atoms with Gasteiger partial charge in [-0.15, -0.1) is 0 Å². The van der Waals surface area contributed by atoms with Gasteiger partial charge in [0, 0.05) is 20.2 Å². The molecule has 0 aliphatic heterocycles. The number of sulfonamides is 2. The fraction of sp³-hybridized carbons (Fsp3) is 0.333. The van der Waals surface area contributed by atoms with Crippen molar-refractivity contribution in [3.63, 3.8) is 0 Å². The molecule has 2 aromatic rings. The summed E-state index contributed by atoms with van der Waals surface area (Å²) < 4.78 is 59.0. The predicted octanol–water partition coefficient (Wildman–Crippen LogP) is 1.71. The molecule has 148 valence electrons. The zero-order chi connectivity index (χ0) is 20.1. The van der Waals surface area contributed by atoms with Crippen molar-refractivity contribution in [2.24, 2.45) is 0 Å². The number of hydrogen-bond acceptors (Lipinski definition) is 5. The van der Waals surface area contributed by atoms with Crippen molar-refractivity contribution >= 4 is 20.0 Å². The monoisotopic (exact) mass is 412 g/mol. The van der Waals surface area contributed by atoms with Crippen LogP contribution in [0.4, 0.5) is 0 Å². The summed E-state index contributed by atoms with van der Waals surface area (Å²) in [5.74, 6) is 0. The van der Waals surface area contributed by atoms with Crippen LogP contribution in [0.5, 0.6) is 0 Å². The van der Waals surface area contributed by atoms with Gasteiger partial charge >= 0.3 is 0 Å². The van der Waals surface area contributed by atoms with E-state index in [0.29, 0.717) is 11.1 Å². The molecular formula is C18H24N2O5S2. The highest BCUT2D eigenvalue weighted by Crippen LogP contribution is 2.17. The van der Waals surface area contributed by atoms with Gasteiger partial charge in [-0.3, -0.25) is 0 Å². The number of benzene rings is 2. The normalized spacial score (nSPS) is 12.3. The lowest BCUT2D eigenvalue weighted by atomic mass is 10.2. The van der Waals surface area contributed by atoms with Gasteiger partial charge in [0.2, 0.25) is 20.0 Å². The third kappa shape index (κ3) is 5.85. The summed E-state index contributed by atoms with van der Waals surface area (Å²) in [5, 5.41) is 0. The molecule has 9 heteroatoms. The quantitative estimate of drug-likeness (QED) is 0.611. The van der Waals surface area contributed by atoms with Crippen molar-refractivity contribution in [1.29, 1.82) is 0 Å². The van der Waals surface area contributed by atoms with Gasteiger partial charge in [0.05, 0.1) is 16.4 Å². The molecule has 0 saturated heterocycles. The van der Waals surface area contributed by atoms with E-state index in [1.807, 2.05) is 13.0 Å². The number of nitrogens with one attached hydrogen (secondary N) is 2. The van der Waals surface area contributed by atoms with E-state index in [2.05, 4.69) is 9.44 Å². The molecule has 0 fully saturated rings. The maximum atomic E-state index is 12.5. The zero-order valence-corrected chi connectivity index (χ0v) is 17.2. The molecule has 0 heterocycles. The fourth-order valence-electron chi connectivity index (χ4n) is 2.50. The maximum absolute atomic E-state index is 12.5.